The molecule has 2 aromatic rings. The minimum absolute atomic E-state index is 0.0827. The number of thioether (sulfide) groups is 1. The molecule has 1 aliphatic rings. The number of fused-ring (bicyclic) bond motifs is 1. The maximum absolute atomic E-state index is 12.7. The van der Waals surface area contributed by atoms with Gasteiger partial charge in [-0.2, -0.15) is 0 Å². The molecule has 1 fully saturated rings. The summed E-state index contributed by atoms with van der Waals surface area (Å²) in [5.41, 5.74) is 2.11. The quantitative estimate of drug-likeness (QED) is 0.820. The molecule has 2 heterocycles. The third-order valence-electron chi connectivity index (χ3n) is 4.98. The highest BCUT2D eigenvalue weighted by molar-refractivity contribution is 7.99. The largest absolute Gasteiger partial charge is 0.465 e. The lowest BCUT2D eigenvalue weighted by Crippen LogP contribution is -2.53. The molecule has 7 nitrogen and oxygen atoms in total. The van der Waals surface area contributed by atoms with Crippen LogP contribution in [0.15, 0.2) is 29.4 Å². The van der Waals surface area contributed by atoms with Crippen molar-refractivity contribution in [2.24, 2.45) is 13.0 Å². The van der Waals surface area contributed by atoms with Crippen molar-refractivity contribution < 1.29 is 14.7 Å². The number of benzene rings is 1. The molecular weight excluding hydrogens is 364 g/mol. The molecule has 3 rings (SSSR count). The van der Waals surface area contributed by atoms with E-state index in [0.29, 0.717) is 18.3 Å². The number of nitrogens with zero attached hydrogens (tertiary/aromatic N) is 3. The van der Waals surface area contributed by atoms with E-state index in [0.717, 1.165) is 29.0 Å². The summed E-state index contributed by atoms with van der Waals surface area (Å²) in [6, 6.07) is 7.40. The zero-order valence-corrected chi connectivity index (χ0v) is 16.7. The lowest BCUT2D eigenvalue weighted by Gasteiger charge is -2.34. The topological polar surface area (TPSA) is 87.5 Å². The molecule has 1 saturated heterocycles. The standard InChI is InChI=1S/C19H26N4O3S/c1-12(2)16(21-19(25)26)17(24)23-10-8-13(9-11-23)27-18-20-14-6-4-5-7-15(14)22(18)3/h4-7,12-13,16,21H,8-11H2,1-3H3,(H,25,26)/t16-/m0/s1. The van der Waals surface area contributed by atoms with Crippen LogP contribution in [-0.4, -0.2) is 55.9 Å². The van der Waals surface area contributed by atoms with E-state index in [2.05, 4.69) is 16.0 Å². The third-order valence-corrected chi connectivity index (χ3v) is 6.36. The second-order valence-electron chi connectivity index (χ2n) is 7.26. The number of aryl methyl sites for hydroxylation is 1. The van der Waals surface area contributed by atoms with Crippen molar-refractivity contribution in [2.45, 2.75) is 43.1 Å². The van der Waals surface area contributed by atoms with Gasteiger partial charge in [-0.1, -0.05) is 37.7 Å². The van der Waals surface area contributed by atoms with Crippen molar-refractivity contribution >= 4 is 34.8 Å². The summed E-state index contributed by atoms with van der Waals surface area (Å²) >= 11 is 1.76. The molecule has 1 aromatic heterocycles. The van der Waals surface area contributed by atoms with Crippen LogP contribution in [0, 0.1) is 5.92 Å². The molecule has 2 N–H and O–H groups in total. The number of piperidine rings is 1. The van der Waals surface area contributed by atoms with Crippen molar-refractivity contribution in [3.63, 3.8) is 0 Å². The van der Waals surface area contributed by atoms with Crippen molar-refractivity contribution in [1.82, 2.24) is 19.8 Å². The number of carbonyl (C=O) groups is 2. The molecular formula is C19H26N4O3S. The smallest absolute Gasteiger partial charge is 0.405 e. The van der Waals surface area contributed by atoms with Gasteiger partial charge in [0.15, 0.2) is 5.16 Å². The molecule has 27 heavy (non-hydrogen) atoms. The molecule has 0 radical (unpaired) electrons. The van der Waals surface area contributed by atoms with Gasteiger partial charge < -0.3 is 19.9 Å². The molecule has 0 spiro atoms. The fraction of sp³-hybridized carbons (Fsp3) is 0.526. The predicted molar refractivity (Wildman–Crippen MR) is 106 cm³/mol. The number of hydrogen-bond acceptors (Lipinski definition) is 4. The Morgan fingerprint density at radius 2 is 1.93 bits per heavy atom. The first-order valence-corrected chi connectivity index (χ1v) is 10.1. The van der Waals surface area contributed by atoms with Crippen LogP contribution in [0.25, 0.3) is 11.0 Å². The van der Waals surface area contributed by atoms with Crippen LogP contribution in [0.3, 0.4) is 0 Å². The highest BCUT2D eigenvalue weighted by Crippen LogP contribution is 2.31. The summed E-state index contributed by atoms with van der Waals surface area (Å²) in [5, 5.41) is 12.7. The van der Waals surface area contributed by atoms with Gasteiger partial charge in [-0.15, -0.1) is 0 Å². The Kier molecular flexibility index (Phi) is 5.94. The van der Waals surface area contributed by atoms with E-state index in [4.69, 9.17) is 10.1 Å². The SMILES string of the molecule is CC(C)[C@H](NC(=O)O)C(=O)N1CCC(Sc2nc3ccccc3n2C)CC1. The van der Waals surface area contributed by atoms with E-state index < -0.39 is 12.1 Å². The number of rotatable bonds is 5. The van der Waals surface area contributed by atoms with Crippen LogP contribution in [0.4, 0.5) is 4.79 Å². The van der Waals surface area contributed by atoms with Crippen LogP contribution in [-0.2, 0) is 11.8 Å². The minimum atomic E-state index is -1.16. The van der Waals surface area contributed by atoms with Gasteiger partial charge in [-0.25, -0.2) is 9.78 Å². The van der Waals surface area contributed by atoms with Crippen LogP contribution >= 0.6 is 11.8 Å². The van der Waals surface area contributed by atoms with E-state index in [1.54, 1.807) is 16.7 Å². The summed E-state index contributed by atoms with van der Waals surface area (Å²) in [6.45, 7) is 5.00. The van der Waals surface area contributed by atoms with Gasteiger partial charge in [-0.3, -0.25) is 4.79 Å². The van der Waals surface area contributed by atoms with Crippen LogP contribution < -0.4 is 5.32 Å². The predicted octanol–water partition coefficient (Wildman–Crippen LogP) is 2.95. The van der Waals surface area contributed by atoms with Crippen molar-refractivity contribution in [1.29, 1.82) is 0 Å². The van der Waals surface area contributed by atoms with Crippen LogP contribution in [0.1, 0.15) is 26.7 Å². The van der Waals surface area contributed by atoms with E-state index >= 15 is 0 Å². The highest BCUT2D eigenvalue weighted by Gasteiger charge is 2.31. The van der Waals surface area contributed by atoms with E-state index in [1.807, 2.05) is 39.1 Å². The Hall–Kier alpha value is -2.22. The van der Waals surface area contributed by atoms with Gasteiger partial charge in [0.05, 0.1) is 11.0 Å². The first-order chi connectivity index (χ1) is 12.9. The van der Waals surface area contributed by atoms with Gasteiger partial charge in [0.25, 0.3) is 0 Å². The number of amides is 2. The Morgan fingerprint density at radius 1 is 1.26 bits per heavy atom. The molecule has 0 aliphatic carbocycles. The number of para-hydroxylation sites is 2. The second kappa shape index (κ2) is 8.21. The second-order valence-corrected chi connectivity index (χ2v) is 8.52. The van der Waals surface area contributed by atoms with Crippen LogP contribution in [0.2, 0.25) is 0 Å². The zero-order valence-electron chi connectivity index (χ0n) is 15.9. The molecule has 0 saturated carbocycles. The van der Waals surface area contributed by atoms with Gasteiger partial charge in [0.2, 0.25) is 5.91 Å². The number of carbonyl (C=O) groups excluding carboxylic acids is 1. The molecule has 1 aliphatic heterocycles. The average Bonchev–Trinajstić information content (AvgIpc) is 2.95. The number of aromatic nitrogens is 2. The normalized spacial score (nSPS) is 16.7. The van der Waals surface area contributed by atoms with Crippen molar-refractivity contribution in [2.75, 3.05) is 13.1 Å². The molecule has 0 bridgehead atoms. The van der Waals surface area contributed by atoms with E-state index in [9.17, 15) is 9.59 Å². The number of carboxylic acid groups (broad SMARTS) is 1. The number of nitrogens with one attached hydrogen (secondary N) is 1. The molecule has 0 unspecified atom stereocenters. The summed E-state index contributed by atoms with van der Waals surface area (Å²) < 4.78 is 2.11. The van der Waals surface area contributed by atoms with Crippen molar-refractivity contribution in [3.8, 4) is 0 Å². The van der Waals surface area contributed by atoms with Crippen molar-refractivity contribution in [3.05, 3.63) is 24.3 Å². The maximum atomic E-state index is 12.7. The van der Waals surface area contributed by atoms with E-state index in [-0.39, 0.29) is 11.8 Å². The zero-order chi connectivity index (χ0) is 19.6. The van der Waals surface area contributed by atoms with Gasteiger partial charge >= 0.3 is 6.09 Å². The average molecular weight is 391 g/mol. The molecule has 8 heteroatoms. The van der Waals surface area contributed by atoms with E-state index in [1.165, 1.54) is 0 Å². The molecule has 2 amide bonds. The summed E-state index contributed by atoms with van der Waals surface area (Å²) in [7, 11) is 2.03. The van der Waals surface area contributed by atoms with Gasteiger partial charge in [0.1, 0.15) is 6.04 Å². The number of likely N-dealkylation sites (tertiary alicyclic amines) is 1. The Morgan fingerprint density at radius 3 is 2.52 bits per heavy atom. The lowest BCUT2D eigenvalue weighted by atomic mass is 10.0. The molecule has 146 valence electrons. The third kappa shape index (κ3) is 4.37. The first kappa shape index (κ1) is 19.5. The van der Waals surface area contributed by atoms with Crippen LogP contribution in [0.5, 0.6) is 0 Å². The maximum Gasteiger partial charge on any atom is 0.405 e. The summed E-state index contributed by atoms with van der Waals surface area (Å²) in [4.78, 5) is 30.2. The lowest BCUT2D eigenvalue weighted by molar-refractivity contribution is -0.135. The number of imidazole rings is 1. The summed E-state index contributed by atoms with van der Waals surface area (Å²) in [6.07, 6.45) is 0.587. The Bertz CT molecular complexity index is 827. The van der Waals surface area contributed by atoms with Gasteiger partial charge in [0, 0.05) is 25.4 Å². The molecule has 1 aromatic carbocycles. The Labute approximate surface area is 163 Å². The highest BCUT2D eigenvalue weighted by atomic mass is 32.2. The first-order valence-electron chi connectivity index (χ1n) is 9.23. The monoisotopic (exact) mass is 390 g/mol. The minimum Gasteiger partial charge on any atom is -0.465 e. The summed E-state index contributed by atoms with van der Waals surface area (Å²) in [5.74, 6) is -0.209. The number of hydrogen-bond donors (Lipinski definition) is 2. The van der Waals surface area contributed by atoms with Gasteiger partial charge in [-0.05, 0) is 30.9 Å². The Balaban J connectivity index is 1.60. The molecule has 1 atom stereocenters. The fourth-order valence-corrected chi connectivity index (χ4v) is 4.57. The fourth-order valence-electron chi connectivity index (χ4n) is 3.42.